The summed E-state index contributed by atoms with van der Waals surface area (Å²) in [5, 5.41) is 14.2. The first-order valence-corrected chi connectivity index (χ1v) is 7.29. The molecule has 0 saturated heterocycles. The Kier molecular flexibility index (Phi) is 7.36. The Morgan fingerprint density at radius 1 is 1.30 bits per heavy atom. The highest BCUT2D eigenvalue weighted by atomic mass is 16.5. The zero-order valence-electron chi connectivity index (χ0n) is 12.4. The molecule has 6 heteroatoms. The highest BCUT2D eigenvalue weighted by molar-refractivity contribution is 5.74. The number of aliphatic carboxylic acids is 1. The van der Waals surface area contributed by atoms with Crippen LogP contribution >= 0.6 is 0 Å². The monoisotopic (exact) mass is 286 g/mol. The molecule has 0 heterocycles. The van der Waals surface area contributed by atoms with Crippen molar-refractivity contribution in [1.29, 1.82) is 0 Å². The van der Waals surface area contributed by atoms with Gasteiger partial charge in [-0.2, -0.15) is 0 Å². The number of ether oxygens (including phenoxy) is 1. The predicted octanol–water partition coefficient (Wildman–Crippen LogP) is 1.60. The lowest BCUT2D eigenvalue weighted by atomic mass is 9.80. The van der Waals surface area contributed by atoms with Gasteiger partial charge in [0.1, 0.15) is 0 Å². The van der Waals surface area contributed by atoms with E-state index in [0.29, 0.717) is 18.4 Å². The maximum atomic E-state index is 11.7. The smallest absolute Gasteiger partial charge is 0.314 e. The van der Waals surface area contributed by atoms with E-state index in [1.807, 2.05) is 0 Å². The van der Waals surface area contributed by atoms with E-state index in [1.54, 1.807) is 0 Å². The second-order valence-electron chi connectivity index (χ2n) is 5.57. The van der Waals surface area contributed by atoms with E-state index in [1.165, 1.54) is 32.8 Å². The summed E-state index contributed by atoms with van der Waals surface area (Å²) >= 11 is 0. The molecule has 0 aromatic carbocycles. The summed E-state index contributed by atoms with van der Waals surface area (Å²) < 4.78 is 5.00. The van der Waals surface area contributed by atoms with Crippen LogP contribution in [-0.2, 0) is 9.53 Å². The van der Waals surface area contributed by atoms with Gasteiger partial charge in [-0.1, -0.05) is 26.2 Å². The molecule has 0 radical (unpaired) electrons. The number of rotatable bonds is 7. The van der Waals surface area contributed by atoms with Crippen LogP contribution in [0, 0.1) is 11.8 Å². The van der Waals surface area contributed by atoms with Crippen LogP contribution in [0.5, 0.6) is 0 Å². The largest absolute Gasteiger partial charge is 0.481 e. The van der Waals surface area contributed by atoms with Gasteiger partial charge in [-0.05, 0) is 18.3 Å². The van der Waals surface area contributed by atoms with Crippen molar-refractivity contribution in [2.45, 2.75) is 45.1 Å². The molecule has 1 fully saturated rings. The summed E-state index contributed by atoms with van der Waals surface area (Å²) in [6, 6.07) is -0.254. The van der Waals surface area contributed by atoms with Crippen molar-refractivity contribution in [2.24, 2.45) is 11.8 Å². The Morgan fingerprint density at radius 2 is 2.00 bits per heavy atom. The molecule has 0 aliphatic heterocycles. The van der Waals surface area contributed by atoms with E-state index in [0.717, 1.165) is 0 Å². The van der Waals surface area contributed by atoms with Crippen molar-refractivity contribution >= 4 is 12.0 Å². The zero-order valence-corrected chi connectivity index (χ0v) is 12.4. The van der Waals surface area contributed by atoms with Gasteiger partial charge in [-0.3, -0.25) is 4.79 Å². The number of urea groups is 1. The lowest BCUT2D eigenvalue weighted by Crippen LogP contribution is -2.43. The highest BCUT2D eigenvalue weighted by Gasteiger charge is 2.21. The third kappa shape index (κ3) is 6.23. The first kappa shape index (κ1) is 16.8. The number of carbonyl (C=O) groups excluding carboxylic acids is 1. The molecule has 3 atom stereocenters. The molecule has 0 spiro atoms. The minimum Gasteiger partial charge on any atom is -0.481 e. The number of carboxylic acids is 1. The van der Waals surface area contributed by atoms with Crippen molar-refractivity contribution in [3.8, 4) is 0 Å². The summed E-state index contributed by atoms with van der Waals surface area (Å²) in [6.07, 6.45) is 4.32. The van der Waals surface area contributed by atoms with Gasteiger partial charge in [0.2, 0.25) is 0 Å². The lowest BCUT2D eigenvalue weighted by molar-refractivity contribution is -0.139. The molecule has 0 aromatic rings. The Hall–Kier alpha value is -1.30. The van der Waals surface area contributed by atoms with Crippen molar-refractivity contribution in [3.05, 3.63) is 0 Å². The third-order valence-electron chi connectivity index (χ3n) is 4.04. The Labute approximate surface area is 120 Å². The maximum absolute atomic E-state index is 11.7. The van der Waals surface area contributed by atoms with Crippen LogP contribution in [0.4, 0.5) is 4.79 Å². The van der Waals surface area contributed by atoms with Crippen molar-refractivity contribution in [3.63, 3.8) is 0 Å². The van der Waals surface area contributed by atoms with Crippen LogP contribution < -0.4 is 10.6 Å². The van der Waals surface area contributed by atoms with Crippen LogP contribution in [0.1, 0.15) is 39.0 Å². The fourth-order valence-corrected chi connectivity index (χ4v) is 2.62. The van der Waals surface area contributed by atoms with Crippen molar-refractivity contribution in [1.82, 2.24) is 10.6 Å². The molecule has 1 saturated carbocycles. The molecular formula is C14H26N2O4. The van der Waals surface area contributed by atoms with Crippen molar-refractivity contribution < 1.29 is 19.4 Å². The molecule has 1 rings (SSSR count). The van der Waals surface area contributed by atoms with Gasteiger partial charge in [-0.15, -0.1) is 0 Å². The number of carboxylic acid groups (broad SMARTS) is 1. The Bertz CT molecular complexity index is 322. The number of nitrogens with one attached hydrogen (secondary N) is 2. The average Bonchev–Trinajstić information content (AvgIpc) is 2.42. The van der Waals surface area contributed by atoms with Gasteiger partial charge in [-0.25, -0.2) is 4.79 Å². The molecule has 3 N–H and O–H groups in total. The standard InChI is InChI=1S/C14H26N2O4/c1-10-5-3-4-6-11(10)8-15-14(19)16-9-12(20-2)7-13(17)18/h10-12H,3-9H2,1-2H3,(H,17,18)(H2,15,16,19). The molecular weight excluding hydrogens is 260 g/mol. The first-order valence-electron chi connectivity index (χ1n) is 7.29. The van der Waals surface area contributed by atoms with Crippen LogP contribution in [-0.4, -0.2) is 43.4 Å². The minimum atomic E-state index is -0.935. The molecule has 2 amide bonds. The number of hydrogen-bond acceptors (Lipinski definition) is 3. The Balaban J connectivity index is 2.20. The van der Waals surface area contributed by atoms with Crippen LogP contribution in [0.15, 0.2) is 0 Å². The molecule has 20 heavy (non-hydrogen) atoms. The second kappa shape index (κ2) is 8.79. The van der Waals surface area contributed by atoms with Gasteiger partial charge in [0.15, 0.2) is 0 Å². The van der Waals surface area contributed by atoms with E-state index in [-0.39, 0.29) is 19.0 Å². The molecule has 1 aliphatic rings. The van der Waals surface area contributed by atoms with Crippen LogP contribution in [0.2, 0.25) is 0 Å². The van der Waals surface area contributed by atoms with E-state index >= 15 is 0 Å². The number of hydrogen-bond donors (Lipinski definition) is 3. The SMILES string of the molecule is COC(CNC(=O)NCC1CCCCC1C)CC(=O)O. The average molecular weight is 286 g/mol. The van der Waals surface area contributed by atoms with E-state index in [4.69, 9.17) is 9.84 Å². The topological polar surface area (TPSA) is 87.7 Å². The highest BCUT2D eigenvalue weighted by Crippen LogP contribution is 2.28. The fourth-order valence-electron chi connectivity index (χ4n) is 2.62. The lowest BCUT2D eigenvalue weighted by Gasteiger charge is -2.28. The van der Waals surface area contributed by atoms with Crippen molar-refractivity contribution in [2.75, 3.05) is 20.2 Å². The predicted molar refractivity (Wildman–Crippen MR) is 75.6 cm³/mol. The summed E-state index contributed by atoms with van der Waals surface area (Å²) in [6.45, 7) is 3.12. The van der Waals surface area contributed by atoms with E-state index < -0.39 is 12.1 Å². The van der Waals surface area contributed by atoms with Gasteiger partial charge >= 0.3 is 12.0 Å². The van der Waals surface area contributed by atoms with Gasteiger partial charge in [0.05, 0.1) is 12.5 Å². The van der Waals surface area contributed by atoms with Gasteiger partial charge in [0, 0.05) is 20.2 Å². The third-order valence-corrected chi connectivity index (χ3v) is 4.04. The quantitative estimate of drug-likeness (QED) is 0.663. The van der Waals surface area contributed by atoms with Gasteiger partial charge in [0.25, 0.3) is 0 Å². The summed E-state index contributed by atoms with van der Waals surface area (Å²) in [5.41, 5.74) is 0. The number of amides is 2. The van der Waals surface area contributed by atoms with E-state index in [9.17, 15) is 9.59 Å². The summed E-state index contributed by atoms with van der Waals surface area (Å²) in [7, 11) is 1.44. The molecule has 116 valence electrons. The number of methoxy groups -OCH3 is 1. The number of carbonyl (C=O) groups is 2. The Morgan fingerprint density at radius 3 is 2.60 bits per heavy atom. The van der Waals surface area contributed by atoms with Crippen LogP contribution in [0.3, 0.4) is 0 Å². The maximum Gasteiger partial charge on any atom is 0.314 e. The molecule has 1 aliphatic carbocycles. The minimum absolute atomic E-state index is 0.115. The van der Waals surface area contributed by atoms with E-state index in [2.05, 4.69) is 17.6 Å². The molecule has 0 aromatic heterocycles. The fraction of sp³-hybridized carbons (Fsp3) is 0.857. The summed E-state index contributed by atoms with van der Waals surface area (Å²) in [5.74, 6) is 0.268. The first-order chi connectivity index (χ1) is 9.52. The van der Waals surface area contributed by atoms with Gasteiger partial charge < -0.3 is 20.5 Å². The molecule has 0 bridgehead atoms. The molecule has 6 nitrogen and oxygen atoms in total. The normalized spacial score (nSPS) is 23.9. The second-order valence-corrected chi connectivity index (χ2v) is 5.57. The zero-order chi connectivity index (χ0) is 15.0. The molecule has 3 unspecified atom stereocenters. The summed E-state index contributed by atoms with van der Waals surface area (Å²) in [4.78, 5) is 22.2. The van der Waals surface area contributed by atoms with Crippen LogP contribution in [0.25, 0.3) is 0 Å².